The van der Waals surface area contributed by atoms with Crippen LogP contribution in [0.15, 0.2) is 77.3 Å². The second-order valence-corrected chi connectivity index (χ2v) is 7.30. The van der Waals surface area contributed by atoms with E-state index in [9.17, 15) is 0 Å². The van der Waals surface area contributed by atoms with E-state index < -0.39 is 0 Å². The van der Waals surface area contributed by atoms with Crippen molar-refractivity contribution in [1.82, 2.24) is 0 Å². The highest BCUT2D eigenvalue weighted by atomic mass is 79.9. The molecule has 5 aromatic carbocycles. The third-order valence-electron chi connectivity index (χ3n) is 4.96. The zero-order valence-corrected chi connectivity index (χ0v) is 14.9. The molecule has 0 nitrogen and oxygen atoms in total. The van der Waals surface area contributed by atoms with Gasteiger partial charge in [-0.25, -0.2) is 0 Å². The quantitative estimate of drug-likeness (QED) is 0.249. The fourth-order valence-electron chi connectivity index (χ4n) is 3.80. The first kappa shape index (κ1) is 14.0. The lowest BCUT2D eigenvalue weighted by Gasteiger charge is -2.12. The van der Waals surface area contributed by atoms with E-state index >= 15 is 0 Å². The Balaban J connectivity index is 2.05. The van der Waals surface area contributed by atoms with Gasteiger partial charge in [-0.2, -0.15) is 0 Å². The number of aryl methyl sites for hydroxylation is 1. The predicted molar refractivity (Wildman–Crippen MR) is 109 cm³/mol. The first-order valence-electron chi connectivity index (χ1n) is 8.15. The molecule has 5 aromatic rings. The highest BCUT2D eigenvalue weighted by Gasteiger charge is 2.09. The molecule has 114 valence electrons. The third kappa shape index (κ3) is 1.91. The molecule has 1 heteroatoms. The number of hydrogen-bond acceptors (Lipinski definition) is 0. The molecule has 0 radical (unpaired) electrons. The zero-order chi connectivity index (χ0) is 16.3. The van der Waals surface area contributed by atoms with Crippen molar-refractivity contribution in [2.24, 2.45) is 0 Å². The van der Waals surface area contributed by atoms with Gasteiger partial charge in [0.1, 0.15) is 0 Å². The molecule has 0 aromatic heterocycles. The molecule has 0 spiro atoms. The van der Waals surface area contributed by atoms with E-state index in [1.807, 2.05) is 0 Å². The van der Waals surface area contributed by atoms with Gasteiger partial charge in [0.15, 0.2) is 0 Å². The second kappa shape index (κ2) is 5.06. The van der Waals surface area contributed by atoms with Crippen molar-refractivity contribution in [1.29, 1.82) is 0 Å². The molecule has 24 heavy (non-hydrogen) atoms. The van der Waals surface area contributed by atoms with Gasteiger partial charge in [-0.1, -0.05) is 88.2 Å². The Morgan fingerprint density at radius 2 is 1.17 bits per heavy atom. The summed E-state index contributed by atoms with van der Waals surface area (Å²) in [5.74, 6) is 0. The van der Waals surface area contributed by atoms with Crippen LogP contribution >= 0.6 is 15.9 Å². The van der Waals surface area contributed by atoms with Crippen molar-refractivity contribution in [3.05, 3.63) is 82.8 Å². The minimum absolute atomic E-state index is 1.16. The van der Waals surface area contributed by atoms with Crippen LogP contribution in [0.3, 0.4) is 0 Å². The number of fused-ring (bicyclic) bond motifs is 7. The lowest BCUT2D eigenvalue weighted by molar-refractivity contribution is 1.51. The fourth-order valence-corrected chi connectivity index (χ4v) is 4.37. The highest BCUT2D eigenvalue weighted by molar-refractivity contribution is 9.10. The fraction of sp³-hybridized carbons (Fsp3) is 0.0435. The van der Waals surface area contributed by atoms with Gasteiger partial charge in [-0.15, -0.1) is 0 Å². The van der Waals surface area contributed by atoms with Gasteiger partial charge >= 0.3 is 0 Å². The van der Waals surface area contributed by atoms with E-state index in [2.05, 4.69) is 95.7 Å². The first-order chi connectivity index (χ1) is 11.7. The van der Waals surface area contributed by atoms with Crippen molar-refractivity contribution in [3.63, 3.8) is 0 Å². The molecule has 0 amide bonds. The lowest BCUT2D eigenvalue weighted by Crippen LogP contribution is -1.84. The number of halogens is 1. The molecule has 0 heterocycles. The molecule has 0 aliphatic rings. The van der Waals surface area contributed by atoms with Crippen molar-refractivity contribution in [2.45, 2.75) is 6.92 Å². The zero-order valence-electron chi connectivity index (χ0n) is 13.3. The van der Waals surface area contributed by atoms with E-state index in [-0.39, 0.29) is 0 Å². The number of hydrogen-bond donors (Lipinski definition) is 0. The summed E-state index contributed by atoms with van der Waals surface area (Å²) in [6, 6.07) is 26.6. The van der Waals surface area contributed by atoms with E-state index in [1.54, 1.807) is 0 Å². The molecule has 0 aliphatic heterocycles. The standard InChI is InChI=1S/C23H15Br/c1-14-6-8-20-21(12-14)19-11-10-17-16-5-3-2-4-15(16)7-9-18(17)22(19)13-23(20)24/h2-13H,1H3. The van der Waals surface area contributed by atoms with Crippen LogP contribution in [-0.2, 0) is 0 Å². The van der Waals surface area contributed by atoms with E-state index in [0.29, 0.717) is 0 Å². The summed E-state index contributed by atoms with van der Waals surface area (Å²) >= 11 is 3.78. The molecule has 0 saturated heterocycles. The maximum Gasteiger partial charge on any atom is 0.0260 e. The van der Waals surface area contributed by atoms with Gasteiger partial charge in [0.05, 0.1) is 0 Å². The summed E-state index contributed by atoms with van der Waals surface area (Å²) in [4.78, 5) is 0. The van der Waals surface area contributed by atoms with Crippen LogP contribution in [0.5, 0.6) is 0 Å². The van der Waals surface area contributed by atoms with Gasteiger partial charge < -0.3 is 0 Å². The number of benzene rings is 5. The Morgan fingerprint density at radius 3 is 2.04 bits per heavy atom. The van der Waals surface area contributed by atoms with Crippen LogP contribution in [0, 0.1) is 6.92 Å². The van der Waals surface area contributed by atoms with Crippen molar-refractivity contribution >= 4 is 59.0 Å². The predicted octanol–water partition coefficient (Wildman–Crippen LogP) is 7.37. The average molecular weight is 371 g/mol. The molecule has 0 fully saturated rings. The molecular formula is C23H15Br. The van der Waals surface area contributed by atoms with Crippen LogP contribution < -0.4 is 0 Å². The molecule has 0 unspecified atom stereocenters. The molecule has 5 rings (SSSR count). The normalized spacial score (nSPS) is 11.8. The monoisotopic (exact) mass is 370 g/mol. The Morgan fingerprint density at radius 1 is 0.542 bits per heavy atom. The lowest BCUT2D eigenvalue weighted by atomic mass is 9.94. The smallest absolute Gasteiger partial charge is 0.0260 e. The largest absolute Gasteiger partial charge is 0.0616 e. The molecule has 0 aliphatic carbocycles. The van der Waals surface area contributed by atoms with Gasteiger partial charge in [-0.05, 0) is 56.1 Å². The average Bonchev–Trinajstić information content (AvgIpc) is 2.61. The molecular weight excluding hydrogens is 356 g/mol. The van der Waals surface area contributed by atoms with Crippen LogP contribution in [0.1, 0.15) is 5.56 Å². The minimum Gasteiger partial charge on any atom is -0.0616 e. The summed E-state index contributed by atoms with van der Waals surface area (Å²) < 4.78 is 1.16. The van der Waals surface area contributed by atoms with Crippen LogP contribution in [0.2, 0.25) is 0 Å². The van der Waals surface area contributed by atoms with Gasteiger partial charge in [0, 0.05) is 4.47 Å². The van der Waals surface area contributed by atoms with Crippen LogP contribution in [0.4, 0.5) is 0 Å². The molecule has 0 N–H and O–H groups in total. The Labute approximate surface area is 148 Å². The topological polar surface area (TPSA) is 0 Å². The van der Waals surface area contributed by atoms with Gasteiger partial charge in [0.25, 0.3) is 0 Å². The van der Waals surface area contributed by atoms with Gasteiger partial charge in [0.2, 0.25) is 0 Å². The summed E-state index contributed by atoms with van der Waals surface area (Å²) in [5.41, 5.74) is 1.29. The Kier molecular flexibility index (Phi) is 2.95. The van der Waals surface area contributed by atoms with Crippen LogP contribution in [0.25, 0.3) is 43.1 Å². The summed E-state index contributed by atoms with van der Waals surface area (Å²) in [6.07, 6.45) is 0. The van der Waals surface area contributed by atoms with Crippen molar-refractivity contribution in [3.8, 4) is 0 Å². The SMILES string of the molecule is Cc1ccc2c(Br)cc3c(ccc4c5ccccc5ccc43)c2c1. The van der Waals surface area contributed by atoms with E-state index in [4.69, 9.17) is 0 Å². The van der Waals surface area contributed by atoms with Crippen molar-refractivity contribution in [2.75, 3.05) is 0 Å². The maximum atomic E-state index is 3.78. The molecule has 0 bridgehead atoms. The summed E-state index contributed by atoms with van der Waals surface area (Å²) in [6.45, 7) is 2.15. The second-order valence-electron chi connectivity index (χ2n) is 6.45. The van der Waals surface area contributed by atoms with E-state index in [1.165, 1.54) is 48.7 Å². The van der Waals surface area contributed by atoms with Crippen molar-refractivity contribution < 1.29 is 0 Å². The first-order valence-corrected chi connectivity index (χ1v) is 8.95. The Bertz CT molecular complexity index is 1270. The summed E-state index contributed by atoms with van der Waals surface area (Å²) in [5, 5.41) is 10.5. The maximum absolute atomic E-state index is 3.78. The third-order valence-corrected chi connectivity index (χ3v) is 5.62. The Hall–Kier alpha value is -2.38. The molecule has 0 atom stereocenters. The van der Waals surface area contributed by atoms with Gasteiger partial charge in [-0.3, -0.25) is 0 Å². The summed E-state index contributed by atoms with van der Waals surface area (Å²) in [7, 11) is 0. The highest BCUT2D eigenvalue weighted by Crippen LogP contribution is 2.38. The van der Waals surface area contributed by atoms with Crippen LogP contribution in [-0.4, -0.2) is 0 Å². The number of rotatable bonds is 0. The molecule has 0 saturated carbocycles. The van der Waals surface area contributed by atoms with E-state index in [0.717, 1.165) is 4.47 Å². The minimum atomic E-state index is 1.16.